The number of rotatable bonds is 3. The minimum atomic E-state index is 0.219. The van der Waals surface area contributed by atoms with E-state index in [0.717, 1.165) is 43.4 Å². The molecule has 0 saturated carbocycles. The van der Waals surface area contributed by atoms with Crippen molar-refractivity contribution in [2.75, 3.05) is 31.1 Å². The van der Waals surface area contributed by atoms with Gasteiger partial charge in [0, 0.05) is 38.8 Å². The standard InChI is InChI=1S/C16H19N5O/c1-2-16(22)21-11-9-20(10-12-21)15-7-6-14(18-19-15)13-5-3-4-8-17-13/h3-8H,2,9-12H2,1H3. The van der Waals surface area contributed by atoms with Gasteiger partial charge in [-0.15, -0.1) is 10.2 Å². The van der Waals surface area contributed by atoms with E-state index in [1.54, 1.807) is 6.20 Å². The Kier molecular flexibility index (Phi) is 4.27. The van der Waals surface area contributed by atoms with Crippen LogP contribution in [-0.2, 0) is 4.79 Å². The Balaban J connectivity index is 1.66. The summed E-state index contributed by atoms with van der Waals surface area (Å²) in [5.74, 6) is 1.07. The summed E-state index contributed by atoms with van der Waals surface area (Å²) < 4.78 is 0. The van der Waals surface area contributed by atoms with Crippen molar-refractivity contribution in [3.63, 3.8) is 0 Å². The van der Waals surface area contributed by atoms with Gasteiger partial charge in [0.25, 0.3) is 0 Å². The second-order valence-electron chi connectivity index (χ2n) is 5.21. The topological polar surface area (TPSA) is 62.2 Å². The summed E-state index contributed by atoms with van der Waals surface area (Å²) in [6.07, 6.45) is 2.31. The molecule has 114 valence electrons. The summed E-state index contributed by atoms with van der Waals surface area (Å²) in [6.45, 7) is 4.98. The van der Waals surface area contributed by atoms with Crippen LogP contribution in [-0.4, -0.2) is 52.2 Å². The van der Waals surface area contributed by atoms with E-state index in [1.165, 1.54) is 0 Å². The number of pyridine rings is 1. The number of piperazine rings is 1. The SMILES string of the molecule is CCC(=O)N1CCN(c2ccc(-c3ccccn3)nn2)CC1. The van der Waals surface area contributed by atoms with Crippen LogP contribution in [0.3, 0.4) is 0 Å². The summed E-state index contributed by atoms with van der Waals surface area (Å²) >= 11 is 0. The molecule has 1 aliphatic heterocycles. The van der Waals surface area contributed by atoms with Crippen LogP contribution in [0.15, 0.2) is 36.5 Å². The smallest absolute Gasteiger partial charge is 0.222 e. The molecule has 1 aliphatic rings. The minimum absolute atomic E-state index is 0.219. The number of aromatic nitrogens is 3. The number of anilines is 1. The Morgan fingerprint density at radius 1 is 1.05 bits per heavy atom. The van der Waals surface area contributed by atoms with E-state index < -0.39 is 0 Å². The maximum atomic E-state index is 11.7. The van der Waals surface area contributed by atoms with Crippen LogP contribution in [0.25, 0.3) is 11.4 Å². The molecule has 6 nitrogen and oxygen atoms in total. The van der Waals surface area contributed by atoms with E-state index in [-0.39, 0.29) is 5.91 Å². The van der Waals surface area contributed by atoms with Gasteiger partial charge in [0.15, 0.2) is 5.82 Å². The van der Waals surface area contributed by atoms with Crippen molar-refractivity contribution < 1.29 is 4.79 Å². The van der Waals surface area contributed by atoms with Gasteiger partial charge in [-0.3, -0.25) is 9.78 Å². The van der Waals surface area contributed by atoms with E-state index in [9.17, 15) is 4.79 Å². The van der Waals surface area contributed by atoms with Gasteiger partial charge in [0.05, 0.1) is 5.69 Å². The Morgan fingerprint density at radius 2 is 1.86 bits per heavy atom. The number of hydrogen-bond acceptors (Lipinski definition) is 5. The number of carbonyl (C=O) groups excluding carboxylic acids is 1. The van der Waals surface area contributed by atoms with Crippen LogP contribution >= 0.6 is 0 Å². The molecule has 0 aromatic carbocycles. The number of hydrogen-bond donors (Lipinski definition) is 0. The lowest BCUT2D eigenvalue weighted by molar-refractivity contribution is -0.131. The third-order valence-corrected chi connectivity index (χ3v) is 3.84. The molecule has 0 spiro atoms. The van der Waals surface area contributed by atoms with Crippen LogP contribution in [0.1, 0.15) is 13.3 Å². The van der Waals surface area contributed by atoms with E-state index >= 15 is 0 Å². The monoisotopic (exact) mass is 297 g/mol. The van der Waals surface area contributed by atoms with Crippen molar-refractivity contribution in [1.82, 2.24) is 20.1 Å². The highest BCUT2D eigenvalue weighted by molar-refractivity contribution is 5.76. The lowest BCUT2D eigenvalue weighted by atomic mass is 10.2. The number of nitrogens with zero attached hydrogens (tertiary/aromatic N) is 5. The summed E-state index contributed by atoms with van der Waals surface area (Å²) in [5.41, 5.74) is 1.59. The van der Waals surface area contributed by atoms with E-state index in [2.05, 4.69) is 20.1 Å². The molecule has 0 unspecified atom stereocenters. The summed E-state index contributed by atoms with van der Waals surface area (Å²) in [4.78, 5) is 20.0. The molecule has 0 atom stereocenters. The Hall–Kier alpha value is -2.50. The summed E-state index contributed by atoms with van der Waals surface area (Å²) in [7, 11) is 0. The van der Waals surface area contributed by atoms with Gasteiger partial charge in [0.2, 0.25) is 5.91 Å². The van der Waals surface area contributed by atoms with Gasteiger partial charge in [0.1, 0.15) is 5.69 Å². The molecule has 3 rings (SSSR count). The molecule has 3 heterocycles. The van der Waals surface area contributed by atoms with Crippen molar-refractivity contribution in [1.29, 1.82) is 0 Å². The first-order valence-corrected chi connectivity index (χ1v) is 7.56. The fraction of sp³-hybridized carbons (Fsp3) is 0.375. The molecule has 0 bridgehead atoms. The van der Waals surface area contributed by atoms with Gasteiger partial charge in [-0.1, -0.05) is 13.0 Å². The normalized spacial score (nSPS) is 15.0. The van der Waals surface area contributed by atoms with Crippen molar-refractivity contribution in [3.05, 3.63) is 36.5 Å². The van der Waals surface area contributed by atoms with Crippen LogP contribution in [0.4, 0.5) is 5.82 Å². The van der Waals surface area contributed by atoms with Crippen molar-refractivity contribution in [2.24, 2.45) is 0 Å². The van der Waals surface area contributed by atoms with Gasteiger partial charge >= 0.3 is 0 Å². The number of amides is 1. The quantitative estimate of drug-likeness (QED) is 0.861. The van der Waals surface area contributed by atoms with Crippen molar-refractivity contribution in [3.8, 4) is 11.4 Å². The molecule has 1 saturated heterocycles. The predicted octanol–water partition coefficient (Wildman–Crippen LogP) is 1.60. The highest BCUT2D eigenvalue weighted by Crippen LogP contribution is 2.17. The zero-order valence-electron chi connectivity index (χ0n) is 12.6. The lowest BCUT2D eigenvalue weighted by Gasteiger charge is -2.35. The summed E-state index contributed by atoms with van der Waals surface area (Å²) in [6, 6.07) is 9.63. The third kappa shape index (κ3) is 3.05. The Morgan fingerprint density at radius 3 is 2.45 bits per heavy atom. The zero-order chi connectivity index (χ0) is 15.4. The van der Waals surface area contributed by atoms with E-state index in [4.69, 9.17) is 0 Å². The fourth-order valence-corrected chi connectivity index (χ4v) is 2.55. The number of carbonyl (C=O) groups is 1. The van der Waals surface area contributed by atoms with Gasteiger partial charge in [-0.2, -0.15) is 0 Å². The molecule has 1 amide bonds. The second kappa shape index (κ2) is 6.51. The Labute approximate surface area is 129 Å². The molecule has 0 N–H and O–H groups in total. The van der Waals surface area contributed by atoms with Gasteiger partial charge in [-0.25, -0.2) is 0 Å². The van der Waals surface area contributed by atoms with Gasteiger partial charge < -0.3 is 9.80 Å². The van der Waals surface area contributed by atoms with Crippen LogP contribution in [0.5, 0.6) is 0 Å². The zero-order valence-corrected chi connectivity index (χ0v) is 12.6. The largest absolute Gasteiger partial charge is 0.352 e. The Bertz CT molecular complexity index is 621. The third-order valence-electron chi connectivity index (χ3n) is 3.84. The maximum absolute atomic E-state index is 11.7. The second-order valence-corrected chi connectivity index (χ2v) is 5.21. The average Bonchev–Trinajstić information content (AvgIpc) is 2.62. The van der Waals surface area contributed by atoms with Crippen LogP contribution in [0.2, 0.25) is 0 Å². The first kappa shape index (κ1) is 14.4. The molecule has 0 radical (unpaired) electrons. The average molecular weight is 297 g/mol. The highest BCUT2D eigenvalue weighted by atomic mass is 16.2. The van der Waals surface area contributed by atoms with Crippen molar-refractivity contribution >= 4 is 11.7 Å². The van der Waals surface area contributed by atoms with Crippen LogP contribution in [0, 0.1) is 0 Å². The minimum Gasteiger partial charge on any atom is -0.352 e. The van der Waals surface area contributed by atoms with Gasteiger partial charge in [-0.05, 0) is 24.3 Å². The molecular formula is C16H19N5O. The molecule has 2 aromatic rings. The van der Waals surface area contributed by atoms with Crippen LogP contribution < -0.4 is 4.90 Å². The molecule has 1 fully saturated rings. The first-order valence-electron chi connectivity index (χ1n) is 7.56. The molecule has 0 aliphatic carbocycles. The predicted molar refractivity (Wildman–Crippen MR) is 84.3 cm³/mol. The van der Waals surface area contributed by atoms with Crippen molar-refractivity contribution in [2.45, 2.75) is 13.3 Å². The maximum Gasteiger partial charge on any atom is 0.222 e. The fourth-order valence-electron chi connectivity index (χ4n) is 2.55. The van der Waals surface area contributed by atoms with E-state index in [0.29, 0.717) is 6.42 Å². The first-order chi connectivity index (χ1) is 10.8. The molecule has 6 heteroatoms. The summed E-state index contributed by atoms with van der Waals surface area (Å²) in [5, 5.41) is 8.56. The molecule has 22 heavy (non-hydrogen) atoms. The highest BCUT2D eigenvalue weighted by Gasteiger charge is 2.21. The molecule has 2 aromatic heterocycles. The van der Waals surface area contributed by atoms with E-state index in [1.807, 2.05) is 42.2 Å². The lowest BCUT2D eigenvalue weighted by Crippen LogP contribution is -2.48. The molecular weight excluding hydrogens is 278 g/mol.